The van der Waals surface area contributed by atoms with Gasteiger partial charge in [-0.2, -0.15) is 0 Å². The number of benzene rings is 3. The highest BCUT2D eigenvalue weighted by molar-refractivity contribution is 5.66. The molecule has 0 saturated heterocycles. The summed E-state index contributed by atoms with van der Waals surface area (Å²) in [6.45, 7) is 3.62. The second kappa shape index (κ2) is 6.88. The van der Waals surface area contributed by atoms with Gasteiger partial charge in [-0.1, -0.05) is 85.8 Å². The van der Waals surface area contributed by atoms with Gasteiger partial charge in [0.1, 0.15) is 0 Å². The number of rotatable bonds is 3. The molecule has 0 spiro atoms. The van der Waals surface area contributed by atoms with Crippen LogP contribution < -0.4 is 4.90 Å². The summed E-state index contributed by atoms with van der Waals surface area (Å²) in [7, 11) is 0. The molecule has 0 N–H and O–H groups in total. The SMILES string of the molecule is C[C@H]1c2cccc3c2N(CCC3)[C@@H](Cc2ccccc2)[C@@H]1c1ccccc1. The van der Waals surface area contributed by atoms with Crippen molar-refractivity contribution in [2.45, 2.75) is 44.1 Å². The molecule has 1 heteroatoms. The second-order valence-corrected chi connectivity index (χ2v) is 8.13. The van der Waals surface area contributed by atoms with Gasteiger partial charge in [0.25, 0.3) is 0 Å². The van der Waals surface area contributed by atoms with Crippen LogP contribution in [0.5, 0.6) is 0 Å². The quantitative estimate of drug-likeness (QED) is 0.562. The Bertz CT molecular complexity index is 915. The lowest BCUT2D eigenvalue weighted by molar-refractivity contribution is 0.402. The summed E-state index contributed by atoms with van der Waals surface area (Å²) in [5.74, 6) is 1.05. The molecule has 2 aliphatic heterocycles. The van der Waals surface area contributed by atoms with Crippen molar-refractivity contribution in [2.24, 2.45) is 0 Å². The first kappa shape index (κ1) is 16.6. The minimum Gasteiger partial charge on any atom is -0.367 e. The van der Waals surface area contributed by atoms with Crippen LogP contribution >= 0.6 is 0 Å². The van der Waals surface area contributed by atoms with Gasteiger partial charge in [-0.25, -0.2) is 0 Å². The molecule has 3 aromatic rings. The fraction of sp³-hybridized carbons (Fsp3) is 0.308. The summed E-state index contributed by atoms with van der Waals surface area (Å²) in [5, 5.41) is 0. The number of aryl methyl sites for hydroxylation is 1. The number of nitrogens with zero attached hydrogens (tertiary/aromatic N) is 1. The van der Waals surface area contributed by atoms with Crippen LogP contribution in [-0.2, 0) is 12.8 Å². The van der Waals surface area contributed by atoms with Crippen molar-refractivity contribution < 1.29 is 0 Å². The molecule has 0 radical (unpaired) electrons. The molecule has 0 fully saturated rings. The van der Waals surface area contributed by atoms with Crippen LogP contribution in [0.4, 0.5) is 5.69 Å². The second-order valence-electron chi connectivity index (χ2n) is 8.13. The summed E-state index contributed by atoms with van der Waals surface area (Å²) in [6.07, 6.45) is 3.59. The van der Waals surface area contributed by atoms with E-state index in [2.05, 4.69) is 90.7 Å². The van der Waals surface area contributed by atoms with Crippen molar-refractivity contribution in [1.29, 1.82) is 0 Å². The van der Waals surface area contributed by atoms with Gasteiger partial charge in [0.2, 0.25) is 0 Å². The van der Waals surface area contributed by atoms with Gasteiger partial charge in [0.05, 0.1) is 0 Å². The maximum atomic E-state index is 2.75. The van der Waals surface area contributed by atoms with Crippen molar-refractivity contribution in [3.8, 4) is 0 Å². The van der Waals surface area contributed by atoms with Gasteiger partial charge in [0, 0.05) is 24.2 Å². The highest BCUT2D eigenvalue weighted by Gasteiger charge is 2.41. The van der Waals surface area contributed by atoms with Crippen LogP contribution in [0, 0.1) is 0 Å². The molecule has 0 saturated carbocycles. The smallest absolute Gasteiger partial charge is 0.0437 e. The van der Waals surface area contributed by atoms with E-state index in [0.29, 0.717) is 17.9 Å². The molecule has 3 atom stereocenters. The normalized spacial score (nSPS) is 23.7. The van der Waals surface area contributed by atoms with Crippen LogP contribution in [0.3, 0.4) is 0 Å². The number of para-hydroxylation sites is 1. The predicted octanol–water partition coefficient (Wildman–Crippen LogP) is 5.95. The molecule has 0 unspecified atom stereocenters. The first-order chi connectivity index (χ1) is 13.3. The van der Waals surface area contributed by atoms with E-state index in [4.69, 9.17) is 0 Å². The van der Waals surface area contributed by atoms with E-state index >= 15 is 0 Å². The van der Waals surface area contributed by atoms with Gasteiger partial charge < -0.3 is 4.90 Å². The first-order valence-electron chi connectivity index (χ1n) is 10.3. The molecular weight excluding hydrogens is 326 g/mol. The van der Waals surface area contributed by atoms with Crippen LogP contribution in [0.1, 0.15) is 47.4 Å². The van der Waals surface area contributed by atoms with Crippen molar-refractivity contribution in [2.75, 3.05) is 11.4 Å². The van der Waals surface area contributed by atoms with Crippen LogP contribution in [-0.4, -0.2) is 12.6 Å². The summed E-state index contributed by atoms with van der Waals surface area (Å²) < 4.78 is 0. The third-order valence-corrected chi connectivity index (χ3v) is 6.60. The molecule has 2 aliphatic rings. The van der Waals surface area contributed by atoms with Crippen LogP contribution in [0.25, 0.3) is 0 Å². The zero-order chi connectivity index (χ0) is 18.2. The van der Waals surface area contributed by atoms with Gasteiger partial charge in [0.15, 0.2) is 0 Å². The lowest BCUT2D eigenvalue weighted by Crippen LogP contribution is -2.49. The van der Waals surface area contributed by atoms with E-state index in [0.717, 1.165) is 6.42 Å². The lowest BCUT2D eigenvalue weighted by atomic mass is 9.70. The maximum Gasteiger partial charge on any atom is 0.0437 e. The van der Waals surface area contributed by atoms with Crippen molar-refractivity contribution in [3.63, 3.8) is 0 Å². The largest absolute Gasteiger partial charge is 0.367 e. The highest BCUT2D eigenvalue weighted by atomic mass is 15.2. The molecule has 0 bridgehead atoms. The van der Waals surface area contributed by atoms with Crippen molar-refractivity contribution >= 4 is 5.69 Å². The van der Waals surface area contributed by atoms with Gasteiger partial charge in [-0.3, -0.25) is 0 Å². The first-order valence-corrected chi connectivity index (χ1v) is 10.3. The maximum absolute atomic E-state index is 2.75. The van der Waals surface area contributed by atoms with Crippen LogP contribution in [0.2, 0.25) is 0 Å². The fourth-order valence-electron chi connectivity index (χ4n) is 5.41. The van der Waals surface area contributed by atoms with E-state index < -0.39 is 0 Å². The van der Waals surface area contributed by atoms with Crippen molar-refractivity contribution in [1.82, 2.24) is 0 Å². The molecular formula is C26H27N. The van der Waals surface area contributed by atoms with Gasteiger partial charge in [-0.05, 0) is 47.4 Å². The zero-order valence-electron chi connectivity index (χ0n) is 16.0. The molecule has 5 rings (SSSR count). The van der Waals surface area contributed by atoms with Crippen LogP contribution in [0.15, 0.2) is 78.9 Å². The zero-order valence-corrected chi connectivity index (χ0v) is 16.0. The molecule has 27 heavy (non-hydrogen) atoms. The Labute approximate surface area is 162 Å². The highest BCUT2D eigenvalue weighted by Crippen LogP contribution is 2.50. The molecule has 2 heterocycles. The minimum absolute atomic E-state index is 0.513. The van der Waals surface area contributed by atoms with Crippen molar-refractivity contribution in [3.05, 3.63) is 101 Å². The molecule has 0 aliphatic carbocycles. The van der Waals surface area contributed by atoms with Gasteiger partial charge >= 0.3 is 0 Å². The van der Waals surface area contributed by atoms with E-state index in [-0.39, 0.29) is 0 Å². The van der Waals surface area contributed by atoms with E-state index in [1.165, 1.54) is 30.5 Å². The monoisotopic (exact) mass is 353 g/mol. The average molecular weight is 354 g/mol. The molecule has 0 amide bonds. The molecule has 3 aromatic carbocycles. The fourth-order valence-corrected chi connectivity index (χ4v) is 5.41. The Kier molecular flexibility index (Phi) is 4.24. The Morgan fingerprint density at radius 1 is 0.852 bits per heavy atom. The third kappa shape index (κ3) is 2.86. The number of anilines is 1. The standard InChI is InChI=1S/C26H27N/c1-19-23-16-8-14-22-15-9-17-27(26(22)23)24(18-20-10-4-2-5-11-20)25(19)21-12-6-3-7-13-21/h2-8,10-14,16,19,24-25H,9,15,17-18H2,1H3/t19-,24-,25-/m0/s1. The number of hydrogen-bond acceptors (Lipinski definition) is 1. The van der Waals surface area contributed by atoms with E-state index in [9.17, 15) is 0 Å². The summed E-state index contributed by atoms with van der Waals surface area (Å²) in [4.78, 5) is 2.75. The topological polar surface area (TPSA) is 3.24 Å². The van der Waals surface area contributed by atoms with E-state index in [1.807, 2.05) is 0 Å². The molecule has 0 aromatic heterocycles. The summed E-state index contributed by atoms with van der Waals surface area (Å²) in [6, 6.07) is 29.7. The van der Waals surface area contributed by atoms with E-state index in [1.54, 1.807) is 16.8 Å². The summed E-state index contributed by atoms with van der Waals surface area (Å²) >= 11 is 0. The number of hydrogen-bond donors (Lipinski definition) is 0. The predicted molar refractivity (Wildman–Crippen MR) is 114 cm³/mol. The Hall–Kier alpha value is -2.54. The Balaban J connectivity index is 1.65. The van der Waals surface area contributed by atoms with Gasteiger partial charge in [-0.15, -0.1) is 0 Å². The molecule has 1 nitrogen and oxygen atoms in total. The third-order valence-electron chi connectivity index (χ3n) is 6.60. The minimum atomic E-state index is 0.513. The lowest BCUT2D eigenvalue weighted by Gasteiger charge is -2.50. The Morgan fingerprint density at radius 3 is 2.37 bits per heavy atom. The average Bonchev–Trinajstić information content (AvgIpc) is 2.73. The Morgan fingerprint density at radius 2 is 1.59 bits per heavy atom. The molecule has 136 valence electrons. The summed E-state index contributed by atoms with van der Waals surface area (Å²) in [5.41, 5.74) is 7.57.